The Labute approximate surface area is 146 Å². The van der Waals surface area contributed by atoms with E-state index in [1.165, 1.54) is 9.80 Å². The van der Waals surface area contributed by atoms with Crippen molar-refractivity contribution in [2.45, 2.75) is 50.7 Å². The highest BCUT2D eigenvalue weighted by Crippen LogP contribution is 2.42. The summed E-state index contributed by atoms with van der Waals surface area (Å²) >= 11 is 0. The third kappa shape index (κ3) is 2.51. The molecule has 0 aromatic rings. The van der Waals surface area contributed by atoms with Crippen LogP contribution in [0.25, 0.3) is 0 Å². The van der Waals surface area contributed by atoms with Crippen LogP contribution in [0.15, 0.2) is 0 Å². The number of ether oxygens (including phenoxy) is 1. The van der Waals surface area contributed by atoms with Gasteiger partial charge in [0.25, 0.3) is 0 Å². The first-order chi connectivity index (χ1) is 11.9. The summed E-state index contributed by atoms with van der Waals surface area (Å²) in [6.45, 7) is 0. The molecule has 2 heterocycles. The van der Waals surface area contributed by atoms with Gasteiger partial charge < -0.3 is 4.74 Å². The molecular weight excluding hydrogens is 324 g/mol. The molecule has 7 heteroatoms. The van der Waals surface area contributed by atoms with Crippen LogP contribution >= 0.6 is 0 Å². The summed E-state index contributed by atoms with van der Waals surface area (Å²) in [5, 5.41) is 0. The maximum Gasteiger partial charge on any atom is 0.232 e. The topological polar surface area (TPSA) is 84.0 Å². The van der Waals surface area contributed by atoms with E-state index in [-0.39, 0.29) is 59.5 Å². The summed E-state index contributed by atoms with van der Waals surface area (Å²) < 4.78 is 6.22. The molecule has 2 aliphatic carbocycles. The Hall–Kier alpha value is -1.76. The Morgan fingerprint density at radius 1 is 0.640 bits per heavy atom. The van der Waals surface area contributed by atoms with Gasteiger partial charge in [0.15, 0.2) is 0 Å². The zero-order chi connectivity index (χ0) is 17.9. The van der Waals surface area contributed by atoms with E-state index in [0.717, 1.165) is 12.8 Å². The van der Waals surface area contributed by atoms with Crippen molar-refractivity contribution in [2.75, 3.05) is 14.1 Å². The quantitative estimate of drug-likeness (QED) is 0.681. The number of hydrogen-bond donors (Lipinski definition) is 0. The Balaban J connectivity index is 1.38. The van der Waals surface area contributed by atoms with Crippen LogP contribution in [0, 0.1) is 23.7 Å². The molecule has 0 radical (unpaired) electrons. The molecule has 0 aromatic heterocycles. The summed E-state index contributed by atoms with van der Waals surface area (Å²) in [5.74, 6) is -1.19. The number of carbonyl (C=O) groups excluding carboxylic acids is 4. The largest absolute Gasteiger partial charge is 0.375 e. The van der Waals surface area contributed by atoms with Gasteiger partial charge >= 0.3 is 0 Å². The first-order valence-corrected chi connectivity index (χ1v) is 9.16. The summed E-state index contributed by atoms with van der Waals surface area (Å²) in [6.07, 6.45) is 3.98. The van der Waals surface area contributed by atoms with Crippen molar-refractivity contribution >= 4 is 23.6 Å². The van der Waals surface area contributed by atoms with Gasteiger partial charge in [0, 0.05) is 14.1 Å². The van der Waals surface area contributed by atoms with Gasteiger partial charge in [-0.2, -0.15) is 0 Å². The zero-order valence-corrected chi connectivity index (χ0v) is 14.6. The highest BCUT2D eigenvalue weighted by atomic mass is 16.5. The average molecular weight is 348 g/mol. The Morgan fingerprint density at radius 3 is 1.40 bits per heavy atom. The van der Waals surface area contributed by atoms with Crippen LogP contribution in [0.5, 0.6) is 0 Å². The molecule has 0 N–H and O–H groups in total. The minimum Gasteiger partial charge on any atom is -0.375 e. The molecule has 4 aliphatic rings. The lowest BCUT2D eigenvalue weighted by Crippen LogP contribution is -2.37. The molecular formula is C18H24N2O5. The van der Waals surface area contributed by atoms with Crippen LogP contribution in [0.3, 0.4) is 0 Å². The SMILES string of the molecule is CN1C(=O)C2CCC(OC3CCC4C(=O)N(C)C(=O)C4C3)CC2C1=O. The van der Waals surface area contributed by atoms with Gasteiger partial charge in [-0.3, -0.25) is 29.0 Å². The monoisotopic (exact) mass is 348 g/mol. The lowest BCUT2D eigenvalue weighted by Gasteiger charge is -2.35. The van der Waals surface area contributed by atoms with Crippen molar-refractivity contribution in [1.29, 1.82) is 0 Å². The molecule has 2 aliphatic heterocycles. The lowest BCUT2D eigenvalue weighted by atomic mass is 9.78. The van der Waals surface area contributed by atoms with Gasteiger partial charge in [-0.15, -0.1) is 0 Å². The average Bonchev–Trinajstić information content (AvgIpc) is 2.96. The van der Waals surface area contributed by atoms with Crippen LogP contribution in [0.4, 0.5) is 0 Å². The van der Waals surface area contributed by atoms with Crippen molar-refractivity contribution in [3.8, 4) is 0 Å². The standard InChI is InChI=1S/C18H24N2O5/c1-19-15(21)11-5-3-9(7-13(11)17(19)23)25-10-4-6-12-14(8-10)18(24)20(2)16(12)22/h9-14H,3-8H2,1-2H3. The predicted molar refractivity (Wildman–Crippen MR) is 85.9 cm³/mol. The smallest absolute Gasteiger partial charge is 0.232 e. The number of imide groups is 2. The van der Waals surface area contributed by atoms with E-state index in [9.17, 15) is 19.2 Å². The summed E-state index contributed by atoms with van der Waals surface area (Å²) in [5.41, 5.74) is 0. The van der Waals surface area contributed by atoms with Crippen LogP contribution in [-0.4, -0.2) is 59.7 Å². The number of carbonyl (C=O) groups is 4. The normalized spacial score (nSPS) is 41.4. The van der Waals surface area contributed by atoms with Gasteiger partial charge in [-0.05, 0) is 38.5 Å². The second-order valence-electron chi connectivity index (χ2n) is 7.90. The number of nitrogens with zero attached hydrogens (tertiary/aromatic N) is 2. The molecule has 7 nitrogen and oxygen atoms in total. The number of rotatable bonds is 2. The molecule has 0 bridgehead atoms. The van der Waals surface area contributed by atoms with E-state index in [4.69, 9.17) is 4.74 Å². The highest BCUT2D eigenvalue weighted by molar-refractivity contribution is 6.05. The fraction of sp³-hybridized carbons (Fsp3) is 0.778. The molecule has 4 amide bonds. The summed E-state index contributed by atoms with van der Waals surface area (Å²) in [6, 6.07) is 0. The fourth-order valence-electron chi connectivity index (χ4n) is 5.13. The van der Waals surface area contributed by atoms with Gasteiger partial charge in [0.2, 0.25) is 23.6 Å². The highest BCUT2D eigenvalue weighted by Gasteiger charge is 2.51. The van der Waals surface area contributed by atoms with Crippen LogP contribution in [-0.2, 0) is 23.9 Å². The van der Waals surface area contributed by atoms with Crippen molar-refractivity contribution in [1.82, 2.24) is 9.80 Å². The minimum absolute atomic E-state index is 0.0454. The Kier molecular flexibility index (Phi) is 3.94. The first-order valence-electron chi connectivity index (χ1n) is 9.16. The fourth-order valence-corrected chi connectivity index (χ4v) is 5.13. The molecule has 0 spiro atoms. The Morgan fingerprint density at radius 2 is 1.00 bits per heavy atom. The van der Waals surface area contributed by atoms with E-state index < -0.39 is 0 Å². The molecule has 2 saturated heterocycles. The van der Waals surface area contributed by atoms with E-state index in [2.05, 4.69) is 0 Å². The molecule has 6 atom stereocenters. The summed E-state index contributed by atoms with van der Waals surface area (Å²) in [7, 11) is 3.11. The predicted octanol–water partition coefficient (Wildman–Crippen LogP) is 0.570. The molecule has 25 heavy (non-hydrogen) atoms. The molecule has 2 saturated carbocycles. The van der Waals surface area contributed by atoms with E-state index in [0.29, 0.717) is 25.7 Å². The molecule has 6 unspecified atom stereocenters. The maximum absolute atomic E-state index is 12.2. The lowest BCUT2D eigenvalue weighted by molar-refractivity contribution is -0.139. The molecule has 4 fully saturated rings. The van der Waals surface area contributed by atoms with Gasteiger partial charge in [-0.25, -0.2) is 0 Å². The molecule has 136 valence electrons. The third-order valence-corrected chi connectivity index (χ3v) is 6.58. The number of hydrogen-bond acceptors (Lipinski definition) is 5. The molecule has 4 rings (SSSR count). The first kappa shape index (κ1) is 16.7. The number of likely N-dealkylation sites (tertiary alicyclic amines) is 2. The van der Waals surface area contributed by atoms with Crippen LogP contribution < -0.4 is 0 Å². The van der Waals surface area contributed by atoms with Crippen LogP contribution in [0.2, 0.25) is 0 Å². The van der Waals surface area contributed by atoms with Crippen molar-refractivity contribution < 1.29 is 23.9 Å². The van der Waals surface area contributed by atoms with Crippen molar-refractivity contribution in [3.05, 3.63) is 0 Å². The Bertz CT molecular complexity index is 593. The summed E-state index contributed by atoms with van der Waals surface area (Å²) in [4.78, 5) is 51.1. The zero-order valence-electron chi connectivity index (χ0n) is 14.6. The number of amides is 4. The van der Waals surface area contributed by atoms with Gasteiger partial charge in [0.1, 0.15) is 0 Å². The number of fused-ring (bicyclic) bond motifs is 2. The van der Waals surface area contributed by atoms with E-state index in [1.54, 1.807) is 14.1 Å². The van der Waals surface area contributed by atoms with Crippen LogP contribution in [0.1, 0.15) is 38.5 Å². The van der Waals surface area contributed by atoms with Gasteiger partial charge in [0.05, 0.1) is 35.9 Å². The van der Waals surface area contributed by atoms with Crippen molar-refractivity contribution in [3.63, 3.8) is 0 Å². The van der Waals surface area contributed by atoms with Gasteiger partial charge in [-0.1, -0.05) is 0 Å². The van der Waals surface area contributed by atoms with Crippen molar-refractivity contribution in [2.24, 2.45) is 23.7 Å². The maximum atomic E-state index is 12.2. The van der Waals surface area contributed by atoms with E-state index in [1.807, 2.05) is 0 Å². The second-order valence-corrected chi connectivity index (χ2v) is 7.90. The minimum atomic E-state index is -0.256. The second kappa shape index (κ2) is 5.90. The van der Waals surface area contributed by atoms with E-state index >= 15 is 0 Å². The molecule has 0 aromatic carbocycles. The third-order valence-electron chi connectivity index (χ3n) is 6.58.